The van der Waals surface area contributed by atoms with Crippen LogP contribution in [0.3, 0.4) is 0 Å². The van der Waals surface area contributed by atoms with E-state index in [1.54, 1.807) is 30.3 Å². The Hall–Kier alpha value is -2.12. The first-order valence-corrected chi connectivity index (χ1v) is 9.96. The van der Waals surface area contributed by atoms with Gasteiger partial charge < -0.3 is 10.6 Å². The van der Waals surface area contributed by atoms with E-state index in [-0.39, 0.29) is 4.90 Å². The van der Waals surface area contributed by atoms with Crippen LogP contribution in [0.25, 0.3) is 0 Å². The third-order valence-electron chi connectivity index (χ3n) is 3.53. The summed E-state index contributed by atoms with van der Waals surface area (Å²) in [6.07, 6.45) is 0.947. The zero-order valence-corrected chi connectivity index (χ0v) is 16.2. The normalized spacial score (nSPS) is 11.0. The van der Waals surface area contributed by atoms with Crippen LogP contribution in [0.4, 0.5) is 11.4 Å². The molecule has 0 radical (unpaired) electrons. The number of anilines is 2. The highest BCUT2D eigenvalue weighted by molar-refractivity contribution is 7.92. The van der Waals surface area contributed by atoms with E-state index in [0.717, 1.165) is 24.1 Å². The Morgan fingerprint density at radius 2 is 1.64 bits per heavy atom. The molecule has 5 nitrogen and oxygen atoms in total. The molecule has 3 N–H and O–H groups in total. The average molecular weight is 378 g/mol. The third-order valence-corrected chi connectivity index (χ3v) is 5.16. The number of rotatable bonds is 6. The fourth-order valence-corrected chi connectivity index (χ4v) is 3.47. The zero-order chi connectivity index (χ0) is 18.4. The molecular weight excluding hydrogens is 354 g/mol. The minimum Gasteiger partial charge on any atom is -0.362 e. The Kier molecular flexibility index (Phi) is 6.39. The number of thiocarbonyl (C=S) groups is 1. The smallest absolute Gasteiger partial charge is 0.261 e. The maximum absolute atomic E-state index is 12.6. The summed E-state index contributed by atoms with van der Waals surface area (Å²) < 4.78 is 27.9. The molecule has 0 aliphatic rings. The molecule has 0 aliphatic carbocycles. The Bertz CT molecular complexity index is 847. The molecule has 0 atom stereocenters. The van der Waals surface area contributed by atoms with E-state index in [0.29, 0.717) is 16.5 Å². The van der Waals surface area contributed by atoms with E-state index in [9.17, 15) is 8.42 Å². The van der Waals surface area contributed by atoms with Crippen molar-refractivity contribution in [3.63, 3.8) is 0 Å². The second-order valence-electron chi connectivity index (χ2n) is 5.85. The Labute approximate surface area is 154 Å². The summed E-state index contributed by atoms with van der Waals surface area (Å²) in [4.78, 5) is 0.219. The monoisotopic (exact) mass is 377 g/mol. The SMILES string of the molecule is CCCNC(=S)Nc1cc(C)ccc1NS(=O)(=O)c1ccc(C)cc1. The third kappa shape index (κ3) is 5.44. The molecular formula is C18H23N3O2S2. The molecule has 25 heavy (non-hydrogen) atoms. The number of aryl methyl sites for hydroxylation is 2. The number of benzene rings is 2. The maximum atomic E-state index is 12.6. The van der Waals surface area contributed by atoms with Crippen molar-refractivity contribution in [3.8, 4) is 0 Å². The minimum atomic E-state index is -3.67. The summed E-state index contributed by atoms with van der Waals surface area (Å²) in [6, 6.07) is 12.2. The van der Waals surface area contributed by atoms with Crippen LogP contribution in [0.5, 0.6) is 0 Å². The molecule has 0 spiro atoms. The molecule has 0 amide bonds. The van der Waals surface area contributed by atoms with Gasteiger partial charge in [-0.25, -0.2) is 8.42 Å². The largest absolute Gasteiger partial charge is 0.362 e. The standard InChI is InChI=1S/C18H23N3O2S2/c1-4-11-19-18(24)20-17-12-14(3)7-10-16(17)21-25(22,23)15-8-5-13(2)6-9-15/h5-10,12,21H,4,11H2,1-3H3,(H2,19,20,24). The molecule has 2 aromatic rings. The van der Waals surface area contributed by atoms with Gasteiger partial charge in [0.2, 0.25) is 0 Å². The maximum Gasteiger partial charge on any atom is 0.261 e. The van der Waals surface area contributed by atoms with E-state index in [1.807, 2.05) is 32.9 Å². The highest BCUT2D eigenvalue weighted by Crippen LogP contribution is 2.26. The predicted molar refractivity (Wildman–Crippen MR) is 108 cm³/mol. The molecule has 0 saturated carbocycles. The van der Waals surface area contributed by atoms with Gasteiger partial charge in [-0.3, -0.25) is 4.72 Å². The van der Waals surface area contributed by atoms with Gasteiger partial charge in [-0.1, -0.05) is 30.7 Å². The highest BCUT2D eigenvalue weighted by Gasteiger charge is 2.16. The van der Waals surface area contributed by atoms with Crippen LogP contribution >= 0.6 is 12.2 Å². The van der Waals surface area contributed by atoms with Crippen LogP contribution in [-0.4, -0.2) is 20.1 Å². The lowest BCUT2D eigenvalue weighted by Gasteiger charge is -2.16. The molecule has 0 fully saturated rings. The van der Waals surface area contributed by atoms with E-state index >= 15 is 0 Å². The van der Waals surface area contributed by atoms with Crippen LogP contribution < -0.4 is 15.4 Å². The molecule has 2 rings (SSSR count). The molecule has 0 aromatic heterocycles. The molecule has 0 aliphatic heterocycles. The van der Waals surface area contributed by atoms with Gasteiger partial charge in [0.1, 0.15) is 0 Å². The lowest BCUT2D eigenvalue weighted by Crippen LogP contribution is -2.29. The number of hydrogen-bond donors (Lipinski definition) is 3. The van der Waals surface area contributed by atoms with Gasteiger partial charge in [0.15, 0.2) is 5.11 Å². The average Bonchev–Trinajstić information content (AvgIpc) is 2.56. The molecule has 0 bridgehead atoms. The molecule has 7 heteroatoms. The summed E-state index contributed by atoms with van der Waals surface area (Å²) in [5.74, 6) is 0. The summed E-state index contributed by atoms with van der Waals surface area (Å²) in [5, 5.41) is 6.60. The van der Waals surface area contributed by atoms with Crippen molar-refractivity contribution in [1.29, 1.82) is 0 Å². The Balaban J connectivity index is 2.26. The first-order chi connectivity index (χ1) is 11.8. The van der Waals surface area contributed by atoms with Gasteiger partial charge in [0.25, 0.3) is 10.0 Å². The van der Waals surface area contributed by atoms with Crippen molar-refractivity contribution in [2.75, 3.05) is 16.6 Å². The van der Waals surface area contributed by atoms with E-state index < -0.39 is 10.0 Å². The second kappa shape index (κ2) is 8.31. The lowest BCUT2D eigenvalue weighted by atomic mass is 10.2. The van der Waals surface area contributed by atoms with Gasteiger partial charge in [0.05, 0.1) is 16.3 Å². The quantitative estimate of drug-likeness (QED) is 0.668. The first kappa shape index (κ1) is 19.2. The second-order valence-corrected chi connectivity index (χ2v) is 7.94. The van der Waals surface area contributed by atoms with Crippen LogP contribution in [-0.2, 0) is 10.0 Å². The number of nitrogens with one attached hydrogen (secondary N) is 3. The van der Waals surface area contributed by atoms with E-state index in [2.05, 4.69) is 15.4 Å². The van der Waals surface area contributed by atoms with Crippen LogP contribution in [0.2, 0.25) is 0 Å². The molecule has 0 saturated heterocycles. The van der Waals surface area contributed by atoms with Gasteiger partial charge in [-0.15, -0.1) is 0 Å². The molecule has 0 unspecified atom stereocenters. The van der Waals surface area contributed by atoms with Crippen LogP contribution in [0.1, 0.15) is 24.5 Å². The fraction of sp³-hybridized carbons (Fsp3) is 0.278. The topological polar surface area (TPSA) is 70.2 Å². The Morgan fingerprint density at radius 3 is 2.28 bits per heavy atom. The summed E-state index contributed by atoms with van der Waals surface area (Å²) in [5.41, 5.74) is 3.07. The first-order valence-electron chi connectivity index (χ1n) is 8.07. The van der Waals surface area contributed by atoms with Crippen molar-refractivity contribution in [3.05, 3.63) is 53.6 Å². The highest BCUT2D eigenvalue weighted by atomic mass is 32.2. The summed E-state index contributed by atoms with van der Waals surface area (Å²) in [6.45, 7) is 6.65. The van der Waals surface area contributed by atoms with E-state index in [4.69, 9.17) is 12.2 Å². The molecule has 2 aromatic carbocycles. The number of hydrogen-bond acceptors (Lipinski definition) is 3. The van der Waals surface area contributed by atoms with Gasteiger partial charge in [-0.2, -0.15) is 0 Å². The van der Waals surface area contributed by atoms with Gasteiger partial charge >= 0.3 is 0 Å². The van der Waals surface area contributed by atoms with Crippen molar-refractivity contribution in [2.24, 2.45) is 0 Å². The minimum absolute atomic E-state index is 0.219. The molecule has 0 heterocycles. The zero-order valence-electron chi connectivity index (χ0n) is 14.6. The summed E-state index contributed by atoms with van der Waals surface area (Å²) in [7, 11) is -3.67. The van der Waals surface area contributed by atoms with Crippen molar-refractivity contribution < 1.29 is 8.42 Å². The van der Waals surface area contributed by atoms with Gasteiger partial charge in [-0.05, 0) is 62.3 Å². The fourth-order valence-electron chi connectivity index (χ4n) is 2.18. The Morgan fingerprint density at radius 1 is 1.00 bits per heavy atom. The van der Waals surface area contributed by atoms with Gasteiger partial charge in [0, 0.05) is 6.54 Å². The lowest BCUT2D eigenvalue weighted by molar-refractivity contribution is 0.601. The van der Waals surface area contributed by atoms with Crippen LogP contribution in [0, 0.1) is 13.8 Å². The van der Waals surface area contributed by atoms with Crippen molar-refractivity contribution in [1.82, 2.24) is 5.32 Å². The molecule has 134 valence electrons. The van der Waals surface area contributed by atoms with Crippen LogP contribution in [0.15, 0.2) is 47.4 Å². The van der Waals surface area contributed by atoms with Crippen molar-refractivity contribution in [2.45, 2.75) is 32.1 Å². The van der Waals surface area contributed by atoms with Crippen molar-refractivity contribution >= 4 is 38.7 Å². The van der Waals surface area contributed by atoms with E-state index in [1.165, 1.54) is 0 Å². The predicted octanol–water partition coefficient (Wildman–Crippen LogP) is 3.80. The number of sulfonamides is 1. The summed E-state index contributed by atoms with van der Waals surface area (Å²) >= 11 is 5.25.